The molecular weight excluding hydrogens is 350 g/mol. The van der Waals surface area contributed by atoms with Gasteiger partial charge in [0.1, 0.15) is 0 Å². The van der Waals surface area contributed by atoms with Crippen LogP contribution in [0.3, 0.4) is 0 Å². The molecule has 148 valence electrons. The summed E-state index contributed by atoms with van der Waals surface area (Å²) in [5.74, 6) is -0.190. The molecule has 0 spiro atoms. The van der Waals surface area contributed by atoms with Gasteiger partial charge in [-0.15, -0.1) is 0 Å². The fourth-order valence-corrected chi connectivity index (χ4v) is 3.64. The lowest BCUT2D eigenvalue weighted by Crippen LogP contribution is -2.35. The number of anilines is 1. The Morgan fingerprint density at radius 1 is 1.11 bits per heavy atom. The average molecular weight is 380 g/mol. The standard InChI is InChI=1S/C23H29N3O2/c1-2-25(21-12-7-4-8-13-21)15-9-14-24-23(28)20-16-22(27)26(18-20)17-19-10-5-3-6-11-19/h3-8,10-13,20H,2,9,14-18H2,1H3,(H,24,28)/t20-/m1/s1. The molecule has 0 aromatic heterocycles. The Morgan fingerprint density at radius 2 is 1.79 bits per heavy atom. The van der Waals surface area contributed by atoms with E-state index in [1.54, 1.807) is 4.90 Å². The van der Waals surface area contributed by atoms with Crippen LogP contribution in [0.25, 0.3) is 0 Å². The maximum Gasteiger partial charge on any atom is 0.225 e. The number of likely N-dealkylation sites (tertiary alicyclic amines) is 1. The summed E-state index contributed by atoms with van der Waals surface area (Å²) in [6, 6.07) is 20.2. The summed E-state index contributed by atoms with van der Waals surface area (Å²) < 4.78 is 0. The van der Waals surface area contributed by atoms with E-state index in [1.165, 1.54) is 5.69 Å². The van der Waals surface area contributed by atoms with Crippen molar-refractivity contribution in [2.45, 2.75) is 26.3 Å². The molecule has 1 N–H and O–H groups in total. The topological polar surface area (TPSA) is 52.7 Å². The molecule has 1 aliphatic rings. The lowest BCUT2D eigenvalue weighted by molar-refractivity contribution is -0.129. The van der Waals surface area contributed by atoms with Crippen LogP contribution in [0.4, 0.5) is 5.69 Å². The van der Waals surface area contributed by atoms with Crippen LogP contribution in [0.15, 0.2) is 60.7 Å². The highest BCUT2D eigenvalue weighted by Crippen LogP contribution is 2.20. The first-order chi connectivity index (χ1) is 13.7. The van der Waals surface area contributed by atoms with Gasteiger partial charge in [0.15, 0.2) is 0 Å². The molecule has 1 saturated heterocycles. The largest absolute Gasteiger partial charge is 0.372 e. The molecule has 1 fully saturated rings. The van der Waals surface area contributed by atoms with E-state index >= 15 is 0 Å². The van der Waals surface area contributed by atoms with Crippen LogP contribution in [-0.4, -0.2) is 42.9 Å². The predicted octanol–water partition coefficient (Wildman–Crippen LogP) is 3.07. The summed E-state index contributed by atoms with van der Waals surface area (Å²) >= 11 is 0. The van der Waals surface area contributed by atoms with Crippen molar-refractivity contribution in [2.75, 3.05) is 31.1 Å². The van der Waals surface area contributed by atoms with Crippen molar-refractivity contribution in [3.63, 3.8) is 0 Å². The summed E-state index contributed by atoms with van der Waals surface area (Å²) in [7, 11) is 0. The average Bonchev–Trinajstić information content (AvgIpc) is 3.10. The van der Waals surface area contributed by atoms with E-state index in [-0.39, 0.29) is 17.7 Å². The molecule has 0 radical (unpaired) electrons. The SMILES string of the molecule is CCN(CCCNC(=O)[C@@H]1CC(=O)N(Cc2ccccc2)C1)c1ccccc1. The van der Waals surface area contributed by atoms with Gasteiger partial charge in [-0.3, -0.25) is 9.59 Å². The molecule has 5 nitrogen and oxygen atoms in total. The Balaban J connectivity index is 1.41. The number of para-hydroxylation sites is 1. The highest BCUT2D eigenvalue weighted by Gasteiger charge is 2.33. The maximum absolute atomic E-state index is 12.5. The lowest BCUT2D eigenvalue weighted by Gasteiger charge is -2.23. The predicted molar refractivity (Wildman–Crippen MR) is 112 cm³/mol. The fourth-order valence-electron chi connectivity index (χ4n) is 3.64. The minimum atomic E-state index is -0.243. The van der Waals surface area contributed by atoms with Crippen molar-refractivity contribution in [3.05, 3.63) is 66.2 Å². The molecule has 0 aliphatic carbocycles. The van der Waals surface area contributed by atoms with Crippen molar-refractivity contribution in [1.82, 2.24) is 10.2 Å². The first-order valence-electron chi connectivity index (χ1n) is 10.1. The molecule has 1 aliphatic heterocycles. The molecule has 3 rings (SSSR count). The normalized spacial score (nSPS) is 16.2. The van der Waals surface area contributed by atoms with E-state index in [2.05, 4.69) is 29.3 Å². The quantitative estimate of drug-likeness (QED) is 0.681. The van der Waals surface area contributed by atoms with Crippen LogP contribution in [0, 0.1) is 5.92 Å². The molecule has 1 atom stereocenters. The number of carbonyl (C=O) groups is 2. The molecular formula is C23H29N3O2. The summed E-state index contributed by atoms with van der Waals surface area (Å²) in [5, 5.41) is 3.02. The number of rotatable bonds is 9. The van der Waals surface area contributed by atoms with E-state index in [9.17, 15) is 9.59 Å². The maximum atomic E-state index is 12.5. The Bertz CT molecular complexity index is 764. The monoisotopic (exact) mass is 379 g/mol. The molecule has 0 bridgehead atoms. The van der Waals surface area contributed by atoms with Crippen molar-refractivity contribution in [1.29, 1.82) is 0 Å². The summed E-state index contributed by atoms with van der Waals surface area (Å²) in [5.41, 5.74) is 2.30. The Morgan fingerprint density at radius 3 is 2.46 bits per heavy atom. The van der Waals surface area contributed by atoms with Crippen LogP contribution in [0.5, 0.6) is 0 Å². The van der Waals surface area contributed by atoms with Crippen molar-refractivity contribution in [2.24, 2.45) is 5.92 Å². The van der Waals surface area contributed by atoms with E-state index < -0.39 is 0 Å². The number of amides is 2. The zero-order chi connectivity index (χ0) is 19.8. The number of hydrogen-bond acceptors (Lipinski definition) is 3. The number of nitrogens with zero attached hydrogens (tertiary/aromatic N) is 2. The number of hydrogen-bond donors (Lipinski definition) is 1. The van der Waals surface area contributed by atoms with E-state index in [4.69, 9.17) is 0 Å². The third-order valence-corrected chi connectivity index (χ3v) is 5.21. The molecule has 5 heteroatoms. The summed E-state index contributed by atoms with van der Waals surface area (Å²) in [4.78, 5) is 28.8. The number of carbonyl (C=O) groups excluding carboxylic acids is 2. The van der Waals surface area contributed by atoms with Gasteiger partial charge < -0.3 is 15.1 Å². The van der Waals surface area contributed by atoms with Gasteiger partial charge >= 0.3 is 0 Å². The highest BCUT2D eigenvalue weighted by molar-refractivity contribution is 5.89. The van der Waals surface area contributed by atoms with Crippen LogP contribution < -0.4 is 10.2 Å². The number of nitrogens with one attached hydrogen (secondary N) is 1. The second-order valence-electron chi connectivity index (χ2n) is 7.22. The molecule has 2 aromatic rings. The zero-order valence-electron chi connectivity index (χ0n) is 16.5. The molecule has 1 heterocycles. The fraction of sp³-hybridized carbons (Fsp3) is 0.391. The van der Waals surface area contributed by atoms with Gasteiger partial charge in [0.2, 0.25) is 11.8 Å². The lowest BCUT2D eigenvalue weighted by atomic mass is 10.1. The Labute approximate surface area is 167 Å². The van der Waals surface area contributed by atoms with Gasteiger partial charge in [-0.05, 0) is 31.0 Å². The minimum Gasteiger partial charge on any atom is -0.372 e. The number of benzene rings is 2. The summed E-state index contributed by atoms with van der Waals surface area (Å²) in [6.07, 6.45) is 1.19. The van der Waals surface area contributed by atoms with E-state index in [0.29, 0.717) is 26.1 Å². The first kappa shape index (κ1) is 19.9. The Kier molecular flexibility index (Phi) is 7.06. The molecule has 0 saturated carbocycles. The van der Waals surface area contributed by atoms with Crippen molar-refractivity contribution in [3.8, 4) is 0 Å². The van der Waals surface area contributed by atoms with Gasteiger partial charge in [0.05, 0.1) is 5.92 Å². The molecule has 2 amide bonds. The second-order valence-corrected chi connectivity index (χ2v) is 7.22. The van der Waals surface area contributed by atoms with Gasteiger partial charge in [-0.1, -0.05) is 48.5 Å². The molecule has 28 heavy (non-hydrogen) atoms. The molecule has 2 aromatic carbocycles. The zero-order valence-corrected chi connectivity index (χ0v) is 16.5. The van der Waals surface area contributed by atoms with Crippen molar-refractivity contribution < 1.29 is 9.59 Å². The van der Waals surface area contributed by atoms with E-state index in [1.807, 2.05) is 48.5 Å². The van der Waals surface area contributed by atoms with Gasteiger partial charge in [-0.2, -0.15) is 0 Å². The highest BCUT2D eigenvalue weighted by atomic mass is 16.2. The third kappa shape index (κ3) is 5.35. The summed E-state index contributed by atoms with van der Waals surface area (Å²) in [6.45, 7) is 5.67. The van der Waals surface area contributed by atoms with Gasteiger partial charge in [0, 0.05) is 44.8 Å². The van der Waals surface area contributed by atoms with Crippen LogP contribution in [-0.2, 0) is 16.1 Å². The molecule has 0 unspecified atom stereocenters. The Hall–Kier alpha value is -2.82. The van der Waals surface area contributed by atoms with Gasteiger partial charge in [0.25, 0.3) is 0 Å². The van der Waals surface area contributed by atoms with Crippen LogP contribution >= 0.6 is 0 Å². The third-order valence-electron chi connectivity index (χ3n) is 5.21. The van der Waals surface area contributed by atoms with Crippen LogP contribution in [0.1, 0.15) is 25.3 Å². The van der Waals surface area contributed by atoms with Gasteiger partial charge in [-0.25, -0.2) is 0 Å². The second kappa shape index (κ2) is 9.93. The van der Waals surface area contributed by atoms with E-state index in [0.717, 1.165) is 25.1 Å². The van der Waals surface area contributed by atoms with Crippen LogP contribution in [0.2, 0.25) is 0 Å². The smallest absolute Gasteiger partial charge is 0.225 e. The first-order valence-corrected chi connectivity index (χ1v) is 10.1. The van der Waals surface area contributed by atoms with Crippen molar-refractivity contribution >= 4 is 17.5 Å². The minimum absolute atomic E-state index is 0.00771.